The Labute approximate surface area is 125 Å². The van der Waals surface area contributed by atoms with Gasteiger partial charge in [-0.15, -0.1) is 0 Å². The smallest absolute Gasteiger partial charge is 0.244 e. The van der Waals surface area contributed by atoms with Gasteiger partial charge in [0.25, 0.3) is 0 Å². The molecular weight excluding hydrogens is 290 g/mol. The zero-order valence-corrected chi connectivity index (χ0v) is 12.8. The molecule has 1 aliphatic heterocycles. The highest BCUT2D eigenvalue weighted by Gasteiger charge is 2.26. The van der Waals surface area contributed by atoms with Crippen LogP contribution in [0.5, 0.6) is 0 Å². The van der Waals surface area contributed by atoms with Gasteiger partial charge in [0.2, 0.25) is 10.0 Å². The van der Waals surface area contributed by atoms with E-state index < -0.39 is 10.0 Å². The molecule has 0 saturated carbocycles. The first-order chi connectivity index (χ1) is 9.95. The molecule has 114 valence electrons. The van der Waals surface area contributed by atoms with E-state index in [1.165, 1.54) is 22.5 Å². The average molecular weight is 309 g/mol. The maximum Gasteiger partial charge on any atom is 0.244 e. The van der Waals surface area contributed by atoms with Gasteiger partial charge in [-0.05, 0) is 37.0 Å². The minimum Gasteiger partial charge on any atom is -0.398 e. The standard InChI is InChI=1S/C14H19N3O3S/c1-17(10-11-4-6-20-7-5-11)21(18,19)14-3-2-12(9-15)8-13(14)16/h2-3,8,11H,4-7,10,16H2,1H3. The zero-order chi connectivity index (χ0) is 15.5. The van der Waals surface area contributed by atoms with E-state index in [9.17, 15) is 8.42 Å². The number of anilines is 1. The second-order valence-electron chi connectivity index (χ2n) is 5.21. The molecule has 1 aromatic rings. The molecule has 21 heavy (non-hydrogen) atoms. The van der Waals surface area contributed by atoms with Gasteiger partial charge in [-0.1, -0.05) is 0 Å². The molecule has 0 aromatic heterocycles. The topological polar surface area (TPSA) is 96.4 Å². The summed E-state index contributed by atoms with van der Waals surface area (Å²) in [5, 5.41) is 8.80. The van der Waals surface area contributed by atoms with Gasteiger partial charge >= 0.3 is 0 Å². The normalized spacial score (nSPS) is 16.8. The van der Waals surface area contributed by atoms with Gasteiger partial charge in [-0.25, -0.2) is 12.7 Å². The van der Waals surface area contributed by atoms with Crippen molar-refractivity contribution in [2.75, 3.05) is 32.5 Å². The summed E-state index contributed by atoms with van der Waals surface area (Å²) < 4.78 is 31.7. The lowest BCUT2D eigenvalue weighted by atomic mass is 10.0. The Kier molecular flexibility index (Phi) is 4.83. The van der Waals surface area contributed by atoms with Crippen molar-refractivity contribution in [3.63, 3.8) is 0 Å². The van der Waals surface area contributed by atoms with Gasteiger partial charge in [0.1, 0.15) is 4.90 Å². The number of hydrogen-bond acceptors (Lipinski definition) is 5. The van der Waals surface area contributed by atoms with Crippen molar-refractivity contribution < 1.29 is 13.2 Å². The molecule has 0 radical (unpaired) electrons. The second kappa shape index (κ2) is 6.43. The highest BCUT2D eigenvalue weighted by molar-refractivity contribution is 7.89. The molecule has 0 spiro atoms. The van der Waals surface area contributed by atoms with Crippen LogP contribution in [-0.4, -0.2) is 39.5 Å². The molecule has 0 atom stereocenters. The predicted octanol–water partition coefficient (Wildman–Crippen LogP) is 1.19. The minimum atomic E-state index is -3.64. The van der Waals surface area contributed by atoms with Crippen LogP contribution >= 0.6 is 0 Å². The summed E-state index contributed by atoms with van der Waals surface area (Å²) in [7, 11) is -2.08. The molecule has 1 aliphatic rings. The van der Waals surface area contributed by atoms with Crippen molar-refractivity contribution >= 4 is 15.7 Å². The Bertz CT molecular complexity index is 646. The van der Waals surface area contributed by atoms with Crippen LogP contribution in [0.4, 0.5) is 5.69 Å². The van der Waals surface area contributed by atoms with E-state index in [0.29, 0.717) is 31.2 Å². The van der Waals surface area contributed by atoms with Crippen molar-refractivity contribution in [1.29, 1.82) is 5.26 Å². The third-order valence-electron chi connectivity index (χ3n) is 3.68. The number of nitrogens with zero attached hydrogens (tertiary/aromatic N) is 2. The zero-order valence-electron chi connectivity index (χ0n) is 11.9. The van der Waals surface area contributed by atoms with Crippen LogP contribution in [0.15, 0.2) is 23.1 Å². The van der Waals surface area contributed by atoms with E-state index >= 15 is 0 Å². The number of sulfonamides is 1. The Morgan fingerprint density at radius 1 is 1.43 bits per heavy atom. The first-order valence-electron chi connectivity index (χ1n) is 6.79. The predicted molar refractivity (Wildman–Crippen MR) is 78.9 cm³/mol. The fraction of sp³-hybridized carbons (Fsp3) is 0.500. The molecule has 1 heterocycles. The number of ether oxygens (including phenoxy) is 1. The van der Waals surface area contributed by atoms with E-state index in [0.717, 1.165) is 12.8 Å². The SMILES string of the molecule is CN(CC1CCOCC1)S(=O)(=O)c1ccc(C#N)cc1N. The number of hydrogen-bond donors (Lipinski definition) is 1. The first kappa shape index (κ1) is 15.8. The quantitative estimate of drug-likeness (QED) is 0.843. The fourth-order valence-electron chi connectivity index (χ4n) is 2.41. The highest BCUT2D eigenvalue weighted by Crippen LogP contribution is 2.25. The van der Waals surface area contributed by atoms with Crippen LogP contribution < -0.4 is 5.73 Å². The summed E-state index contributed by atoms with van der Waals surface area (Å²) in [6, 6.07) is 6.18. The average Bonchev–Trinajstić information content (AvgIpc) is 2.47. The molecule has 0 amide bonds. The maximum atomic E-state index is 12.6. The third-order valence-corrected chi connectivity index (χ3v) is 5.58. The summed E-state index contributed by atoms with van der Waals surface area (Å²) in [5.74, 6) is 0.304. The summed E-state index contributed by atoms with van der Waals surface area (Å²) in [4.78, 5) is 0.0519. The minimum absolute atomic E-state index is 0.0519. The second-order valence-corrected chi connectivity index (χ2v) is 7.22. The van der Waals surface area contributed by atoms with E-state index in [1.807, 2.05) is 6.07 Å². The Morgan fingerprint density at radius 3 is 2.67 bits per heavy atom. The van der Waals surface area contributed by atoms with Crippen LogP contribution in [0, 0.1) is 17.2 Å². The monoisotopic (exact) mass is 309 g/mol. The molecule has 0 aliphatic carbocycles. The van der Waals surface area contributed by atoms with E-state index in [-0.39, 0.29) is 10.6 Å². The van der Waals surface area contributed by atoms with Gasteiger partial charge in [0, 0.05) is 26.8 Å². The van der Waals surface area contributed by atoms with Gasteiger partial charge in [-0.2, -0.15) is 5.26 Å². The lowest BCUT2D eigenvalue weighted by molar-refractivity contribution is 0.0620. The molecule has 2 rings (SSSR count). The van der Waals surface area contributed by atoms with Crippen molar-refractivity contribution in [2.24, 2.45) is 5.92 Å². The lowest BCUT2D eigenvalue weighted by Gasteiger charge is -2.27. The molecule has 0 bridgehead atoms. The van der Waals surface area contributed by atoms with Crippen molar-refractivity contribution in [2.45, 2.75) is 17.7 Å². The van der Waals surface area contributed by atoms with Crippen molar-refractivity contribution in [1.82, 2.24) is 4.31 Å². The summed E-state index contributed by atoms with van der Waals surface area (Å²) in [6.07, 6.45) is 1.73. The van der Waals surface area contributed by atoms with E-state index in [1.54, 1.807) is 7.05 Å². The fourth-order valence-corrected chi connectivity index (χ4v) is 3.75. The van der Waals surface area contributed by atoms with E-state index in [2.05, 4.69) is 0 Å². The number of nitriles is 1. The van der Waals surface area contributed by atoms with Crippen molar-refractivity contribution in [3.05, 3.63) is 23.8 Å². The third kappa shape index (κ3) is 3.53. The van der Waals surface area contributed by atoms with Crippen LogP contribution in [0.3, 0.4) is 0 Å². The van der Waals surface area contributed by atoms with Gasteiger partial charge in [0.05, 0.1) is 17.3 Å². The maximum absolute atomic E-state index is 12.6. The lowest BCUT2D eigenvalue weighted by Crippen LogP contribution is -2.34. The Morgan fingerprint density at radius 2 is 2.10 bits per heavy atom. The molecule has 1 fully saturated rings. The highest BCUT2D eigenvalue weighted by atomic mass is 32.2. The van der Waals surface area contributed by atoms with Crippen LogP contribution in [0.25, 0.3) is 0 Å². The summed E-state index contributed by atoms with van der Waals surface area (Å²) in [5.41, 5.74) is 6.23. The Balaban J connectivity index is 2.18. The molecule has 2 N–H and O–H groups in total. The number of nitrogens with two attached hydrogens (primary N) is 1. The van der Waals surface area contributed by atoms with Crippen molar-refractivity contribution in [3.8, 4) is 6.07 Å². The Hall–Kier alpha value is -1.62. The number of benzene rings is 1. The first-order valence-corrected chi connectivity index (χ1v) is 8.23. The largest absolute Gasteiger partial charge is 0.398 e. The van der Waals surface area contributed by atoms with Crippen LogP contribution in [0.1, 0.15) is 18.4 Å². The molecule has 0 unspecified atom stereocenters. The molecule has 6 nitrogen and oxygen atoms in total. The molecule has 1 saturated heterocycles. The molecule has 7 heteroatoms. The van der Waals surface area contributed by atoms with Gasteiger partial charge in [-0.3, -0.25) is 0 Å². The van der Waals surface area contributed by atoms with Crippen LogP contribution in [0.2, 0.25) is 0 Å². The number of rotatable bonds is 4. The van der Waals surface area contributed by atoms with Gasteiger partial charge < -0.3 is 10.5 Å². The van der Waals surface area contributed by atoms with E-state index in [4.69, 9.17) is 15.7 Å². The molecule has 1 aromatic carbocycles. The summed E-state index contributed by atoms with van der Waals surface area (Å²) >= 11 is 0. The number of nitrogen functional groups attached to an aromatic ring is 1. The molecular formula is C14H19N3O3S. The van der Waals surface area contributed by atoms with Crippen LogP contribution in [-0.2, 0) is 14.8 Å². The van der Waals surface area contributed by atoms with Gasteiger partial charge in [0.15, 0.2) is 0 Å². The summed E-state index contributed by atoms with van der Waals surface area (Å²) in [6.45, 7) is 1.81.